The van der Waals surface area contributed by atoms with E-state index in [0.717, 1.165) is 12.1 Å². The van der Waals surface area contributed by atoms with Gasteiger partial charge in [-0.15, -0.1) is 0 Å². The van der Waals surface area contributed by atoms with Gasteiger partial charge in [-0.05, 0) is 60.7 Å². The molecule has 0 radical (unpaired) electrons. The van der Waals surface area contributed by atoms with E-state index < -0.39 is 39.2 Å². The van der Waals surface area contributed by atoms with Crippen molar-refractivity contribution in [1.82, 2.24) is 19.6 Å². The van der Waals surface area contributed by atoms with Crippen molar-refractivity contribution in [2.24, 2.45) is 0 Å². The van der Waals surface area contributed by atoms with E-state index in [1.807, 2.05) is 0 Å². The number of ether oxygens (including phenoxy) is 1. The van der Waals surface area contributed by atoms with Gasteiger partial charge in [0.2, 0.25) is 0 Å². The molecule has 2 saturated heterocycles. The second kappa shape index (κ2) is 15.7. The minimum atomic E-state index is -0.712. The molecule has 2 aliphatic rings. The Morgan fingerprint density at radius 2 is 0.902 bits per heavy atom. The van der Waals surface area contributed by atoms with Crippen LogP contribution in [0.1, 0.15) is 41.8 Å². The fourth-order valence-electron chi connectivity index (χ4n) is 5.31. The summed E-state index contributed by atoms with van der Waals surface area (Å²) in [6.07, 6.45) is 0. The molecule has 17 nitrogen and oxygen atoms in total. The largest absolute Gasteiger partial charge is 0.497 e. The Morgan fingerprint density at radius 1 is 0.569 bits per heavy atom. The van der Waals surface area contributed by atoms with E-state index in [-0.39, 0.29) is 36.4 Å². The topological polar surface area (TPSA) is 203 Å². The summed E-state index contributed by atoms with van der Waals surface area (Å²) in [5.41, 5.74) is 0.926. The number of rotatable bonds is 7. The summed E-state index contributed by atoms with van der Waals surface area (Å²) >= 11 is 0. The summed E-state index contributed by atoms with van der Waals surface area (Å²) in [6, 6.07) is 16.9. The molecule has 2 aromatic heterocycles. The van der Waals surface area contributed by atoms with Gasteiger partial charge in [0.25, 0.3) is 23.6 Å². The smallest absolute Gasteiger partial charge is 0.433 e. The van der Waals surface area contributed by atoms with Gasteiger partial charge >= 0.3 is 11.8 Å². The average molecular weight is 707 g/mol. The number of halogens is 1. The van der Waals surface area contributed by atoms with Crippen molar-refractivity contribution in [2.75, 3.05) is 59.5 Å². The summed E-state index contributed by atoms with van der Waals surface area (Å²) in [6.45, 7) is 2.58. The lowest BCUT2D eigenvalue weighted by Crippen LogP contribution is -2.50. The molecule has 6 rings (SSSR count). The van der Waals surface area contributed by atoms with Crippen LogP contribution in [0.4, 0.5) is 16.2 Å². The summed E-state index contributed by atoms with van der Waals surface area (Å²) < 4.78 is 27.8. The monoisotopic (exact) mass is 706 g/mol. The van der Waals surface area contributed by atoms with Crippen LogP contribution in [0.3, 0.4) is 0 Å². The number of nitro groups is 2. The normalized spacial score (nSPS) is 14.3. The van der Waals surface area contributed by atoms with E-state index in [9.17, 15) is 43.8 Å². The number of furan rings is 2. The Kier molecular flexibility index (Phi) is 11.0. The van der Waals surface area contributed by atoms with Crippen molar-refractivity contribution >= 4 is 35.4 Å². The van der Waals surface area contributed by atoms with Crippen molar-refractivity contribution in [2.45, 2.75) is 0 Å². The molecule has 2 fully saturated rings. The summed E-state index contributed by atoms with van der Waals surface area (Å²) in [4.78, 5) is 75.5. The minimum absolute atomic E-state index is 0.0772. The first-order chi connectivity index (χ1) is 24.4. The lowest BCUT2D eigenvalue weighted by atomic mass is 10.1. The third kappa shape index (κ3) is 8.53. The zero-order chi connectivity index (χ0) is 36.7. The Labute approximate surface area is 288 Å². The van der Waals surface area contributed by atoms with Gasteiger partial charge in [0.05, 0.1) is 19.2 Å². The SMILES string of the molecule is COc1ccc(C(=O)N2CCN(C(=O)c3ccc([N+](=O)[O-])o3)CC2)cc1.O=C(c1ccc(F)cc1)N1CCN(C(=O)c2ccc([N+](=O)[O-])o2)CC1. The van der Waals surface area contributed by atoms with Crippen LogP contribution in [-0.4, -0.2) is 113 Å². The summed E-state index contributed by atoms with van der Waals surface area (Å²) in [7, 11) is 1.56. The lowest BCUT2D eigenvalue weighted by molar-refractivity contribution is -0.402. The van der Waals surface area contributed by atoms with Crippen molar-refractivity contribution < 1.29 is 47.0 Å². The van der Waals surface area contributed by atoms with Crippen LogP contribution in [0.2, 0.25) is 0 Å². The van der Waals surface area contributed by atoms with Crippen molar-refractivity contribution in [3.63, 3.8) is 0 Å². The van der Waals surface area contributed by atoms with Crippen molar-refractivity contribution in [1.29, 1.82) is 0 Å². The molecule has 0 unspecified atom stereocenters. The summed E-state index contributed by atoms with van der Waals surface area (Å²) in [5.74, 6) is -2.12. The fraction of sp³-hybridized carbons (Fsp3) is 0.273. The highest BCUT2D eigenvalue weighted by molar-refractivity contribution is 5.96. The number of hydrogen-bond donors (Lipinski definition) is 0. The number of benzene rings is 2. The van der Waals surface area contributed by atoms with Crippen molar-refractivity contribution in [3.8, 4) is 5.75 Å². The number of nitrogens with zero attached hydrogens (tertiary/aromatic N) is 6. The fourth-order valence-corrected chi connectivity index (χ4v) is 5.31. The van der Waals surface area contributed by atoms with Crippen LogP contribution in [0, 0.1) is 26.0 Å². The van der Waals surface area contributed by atoms with Gasteiger partial charge in [0.1, 0.15) is 21.4 Å². The number of methoxy groups -OCH3 is 1. The van der Waals surface area contributed by atoms with Crippen molar-refractivity contribution in [3.05, 3.63) is 121 Å². The Hall–Kier alpha value is -6.59. The van der Waals surface area contributed by atoms with Crippen LogP contribution in [-0.2, 0) is 0 Å². The zero-order valence-corrected chi connectivity index (χ0v) is 27.1. The third-order valence-corrected chi connectivity index (χ3v) is 8.10. The van der Waals surface area contributed by atoms with E-state index in [4.69, 9.17) is 13.6 Å². The number of hydrogen-bond acceptors (Lipinski definition) is 11. The molecule has 2 aromatic carbocycles. The highest BCUT2D eigenvalue weighted by Crippen LogP contribution is 2.21. The second-order valence-electron chi connectivity index (χ2n) is 11.2. The maximum absolute atomic E-state index is 12.9. The first-order valence-electron chi connectivity index (χ1n) is 15.5. The Morgan fingerprint density at radius 3 is 1.22 bits per heavy atom. The molecule has 18 heteroatoms. The molecule has 0 N–H and O–H groups in total. The first-order valence-corrected chi connectivity index (χ1v) is 15.5. The summed E-state index contributed by atoms with van der Waals surface area (Å²) in [5, 5.41) is 21.2. The Bertz CT molecular complexity index is 1910. The van der Waals surface area contributed by atoms with Gasteiger partial charge in [-0.1, -0.05) is 0 Å². The molecule has 0 atom stereocenters. The molecule has 0 bridgehead atoms. The van der Waals surface area contributed by atoms with Crippen LogP contribution in [0.25, 0.3) is 0 Å². The molecular weight excluding hydrogens is 675 g/mol. The van der Waals surface area contributed by atoms with E-state index in [1.165, 1.54) is 46.2 Å². The zero-order valence-electron chi connectivity index (χ0n) is 27.1. The highest BCUT2D eigenvalue weighted by Gasteiger charge is 2.29. The van der Waals surface area contributed by atoms with Gasteiger partial charge in [0, 0.05) is 63.5 Å². The van der Waals surface area contributed by atoms with Gasteiger partial charge in [-0.2, -0.15) is 0 Å². The third-order valence-electron chi connectivity index (χ3n) is 8.10. The predicted molar refractivity (Wildman–Crippen MR) is 174 cm³/mol. The number of amides is 4. The van der Waals surface area contributed by atoms with E-state index in [0.29, 0.717) is 56.1 Å². The predicted octanol–water partition coefficient (Wildman–Crippen LogP) is 3.72. The van der Waals surface area contributed by atoms with Crippen LogP contribution >= 0.6 is 0 Å². The molecule has 2 aliphatic heterocycles. The van der Waals surface area contributed by atoms with Gasteiger partial charge in [-0.25, -0.2) is 4.39 Å². The maximum Gasteiger partial charge on any atom is 0.433 e. The van der Waals surface area contributed by atoms with E-state index >= 15 is 0 Å². The Balaban J connectivity index is 0.000000198. The number of carbonyl (C=O) groups excluding carboxylic acids is 4. The second-order valence-corrected chi connectivity index (χ2v) is 11.2. The molecule has 4 aromatic rings. The molecular formula is C33H31FN6O11. The van der Waals surface area contributed by atoms with Gasteiger partial charge in [0.15, 0.2) is 11.5 Å². The minimum Gasteiger partial charge on any atom is -0.497 e. The highest BCUT2D eigenvalue weighted by atomic mass is 19.1. The lowest BCUT2D eigenvalue weighted by Gasteiger charge is -2.34. The molecule has 4 amide bonds. The van der Waals surface area contributed by atoms with Gasteiger partial charge < -0.3 is 33.2 Å². The molecule has 4 heterocycles. The average Bonchev–Trinajstić information content (AvgIpc) is 3.86. The molecule has 266 valence electrons. The van der Waals surface area contributed by atoms with E-state index in [2.05, 4.69) is 0 Å². The standard InChI is InChI=1S/C17H17N3O6.C16H14FN3O5/c1-25-13-4-2-12(3-5-13)16(21)18-8-10-19(11-9-18)17(22)14-6-7-15(26-14)20(23)24;17-12-3-1-11(2-4-12)15(21)18-7-9-19(10-8-18)16(22)13-5-6-14(25-13)20(23)24/h2-7H,8-11H2,1H3;1-6H,7-10H2. The quantitative estimate of drug-likeness (QED) is 0.200. The first kappa shape index (κ1) is 35.7. The maximum atomic E-state index is 12.9. The van der Waals surface area contributed by atoms with Crippen LogP contribution in [0.5, 0.6) is 5.75 Å². The molecule has 51 heavy (non-hydrogen) atoms. The molecule has 0 spiro atoms. The van der Waals surface area contributed by atoms with Gasteiger partial charge in [-0.3, -0.25) is 39.4 Å². The number of carbonyl (C=O) groups is 4. The molecule has 0 saturated carbocycles. The molecule has 0 aliphatic carbocycles. The number of piperazine rings is 2. The van der Waals surface area contributed by atoms with Crippen LogP contribution < -0.4 is 4.74 Å². The van der Waals surface area contributed by atoms with Crippen LogP contribution in [0.15, 0.2) is 81.6 Å². The van der Waals surface area contributed by atoms with E-state index in [1.54, 1.807) is 41.2 Å².